The molecule has 4 N–H and O–H groups in total. The lowest BCUT2D eigenvalue weighted by Gasteiger charge is -2.34. The van der Waals surface area contributed by atoms with Crippen molar-refractivity contribution in [2.75, 3.05) is 69.5 Å². The highest BCUT2D eigenvalue weighted by Gasteiger charge is 2.24. The topological polar surface area (TPSA) is 152 Å². The Morgan fingerprint density at radius 3 is 2.38 bits per heavy atom. The lowest BCUT2D eigenvalue weighted by molar-refractivity contribution is -0.115. The first kappa shape index (κ1) is 23.8. The van der Waals surface area contributed by atoms with Gasteiger partial charge >= 0.3 is 0 Å². The molecule has 2 aromatic heterocycles. The second kappa shape index (κ2) is 11.1. The fourth-order valence-electron chi connectivity index (χ4n) is 3.09. The van der Waals surface area contributed by atoms with E-state index in [1.807, 2.05) is 4.90 Å². The van der Waals surface area contributed by atoms with E-state index >= 15 is 0 Å². The number of anilines is 3. The number of nitrogens with one attached hydrogen (secondary N) is 1. The number of β-amino-alcohol motifs (C(OH)–C–C–N with tert-alkyl or cyclic N) is 1. The molecular weight excluding hydrogens is 436 g/mol. The summed E-state index contributed by atoms with van der Waals surface area (Å²) in [7, 11) is 3.03. The van der Waals surface area contributed by atoms with E-state index in [2.05, 4.69) is 30.2 Å². The van der Waals surface area contributed by atoms with Crippen LogP contribution in [0.15, 0.2) is 16.1 Å². The van der Waals surface area contributed by atoms with E-state index in [9.17, 15) is 4.79 Å². The number of ether oxygens (including phenoxy) is 2. The second-order valence-electron chi connectivity index (χ2n) is 6.89. The van der Waals surface area contributed by atoms with Gasteiger partial charge in [0.1, 0.15) is 16.5 Å². The summed E-state index contributed by atoms with van der Waals surface area (Å²) in [6.45, 7) is 5.58. The van der Waals surface area contributed by atoms with E-state index in [1.165, 1.54) is 20.3 Å². The van der Waals surface area contributed by atoms with Gasteiger partial charge in [-0.3, -0.25) is 9.69 Å². The van der Waals surface area contributed by atoms with Crippen LogP contribution < -0.4 is 25.4 Å². The molecule has 13 heteroatoms. The van der Waals surface area contributed by atoms with Crippen molar-refractivity contribution in [2.45, 2.75) is 23.4 Å². The molecule has 12 nitrogen and oxygen atoms in total. The van der Waals surface area contributed by atoms with Gasteiger partial charge in [-0.1, -0.05) is 6.92 Å². The van der Waals surface area contributed by atoms with Gasteiger partial charge < -0.3 is 30.5 Å². The second-order valence-corrected chi connectivity index (χ2v) is 7.87. The van der Waals surface area contributed by atoms with Crippen LogP contribution in [0.3, 0.4) is 0 Å². The number of methoxy groups -OCH3 is 2. The molecule has 0 atom stereocenters. The predicted octanol–water partition coefficient (Wildman–Crippen LogP) is 0.480. The van der Waals surface area contributed by atoms with E-state index < -0.39 is 0 Å². The standard InChI is InChI=1S/C19H28N8O4S/c1-4-14(29)22-13-11-12(20)21-19(23-13)32-15-16(30-2)24-18(25-17(15)31-3)27-7-5-26(6-8-27)9-10-28/h11,28H,4-10H2,1-3H3,(H3,20,21,22,23,29). The summed E-state index contributed by atoms with van der Waals surface area (Å²) in [4.78, 5) is 34.1. The van der Waals surface area contributed by atoms with Crippen LogP contribution in [0.1, 0.15) is 13.3 Å². The van der Waals surface area contributed by atoms with Gasteiger partial charge in [-0.05, 0) is 11.8 Å². The summed E-state index contributed by atoms with van der Waals surface area (Å²) < 4.78 is 11.0. The van der Waals surface area contributed by atoms with Crippen LogP contribution in [0, 0.1) is 0 Å². The number of nitrogen functional groups attached to an aromatic ring is 1. The largest absolute Gasteiger partial charge is 0.480 e. The van der Waals surface area contributed by atoms with Crippen molar-refractivity contribution in [1.82, 2.24) is 24.8 Å². The maximum Gasteiger partial charge on any atom is 0.236 e. The first-order valence-corrected chi connectivity index (χ1v) is 11.0. The minimum Gasteiger partial charge on any atom is -0.480 e. The molecule has 32 heavy (non-hydrogen) atoms. The number of carbonyl (C=O) groups excluding carboxylic acids is 1. The Labute approximate surface area is 190 Å². The number of piperazine rings is 1. The van der Waals surface area contributed by atoms with E-state index in [0.717, 1.165) is 37.9 Å². The van der Waals surface area contributed by atoms with Crippen molar-refractivity contribution in [1.29, 1.82) is 0 Å². The molecule has 0 saturated carbocycles. The molecule has 2 aromatic rings. The summed E-state index contributed by atoms with van der Waals surface area (Å²) in [6, 6.07) is 1.49. The monoisotopic (exact) mass is 464 g/mol. The number of aromatic nitrogens is 4. The van der Waals surface area contributed by atoms with Gasteiger partial charge in [-0.15, -0.1) is 0 Å². The molecule has 3 heterocycles. The summed E-state index contributed by atoms with van der Waals surface area (Å²) in [6.07, 6.45) is 0.317. The minimum atomic E-state index is -0.180. The number of aliphatic hydroxyl groups is 1. The number of carbonyl (C=O) groups is 1. The third kappa shape index (κ3) is 5.87. The molecule has 0 bridgehead atoms. The van der Waals surface area contributed by atoms with Crippen LogP contribution >= 0.6 is 11.8 Å². The average molecular weight is 465 g/mol. The van der Waals surface area contributed by atoms with Crippen LogP contribution in [0.2, 0.25) is 0 Å². The van der Waals surface area contributed by atoms with Gasteiger partial charge in [-0.25, -0.2) is 9.97 Å². The Morgan fingerprint density at radius 1 is 1.16 bits per heavy atom. The molecule has 1 saturated heterocycles. The third-order valence-electron chi connectivity index (χ3n) is 4.76. The molecule has 0 unspecified atom stereocenters. The van der Waals surface area contributed by atoms with Crippen molar-refractivity contribution in [3.8, 4) is 11.8 Å². The maximum atomic E-state index is 11.7. The number of amides is 1. The van der Waals surface area contributed by atoms with Crippen LogP contribution in [-0.2, 0) is 4.79 Å². The SMILES string of the molecule is CCC(=O)Nc1cc(N)nc(Sc2c(OC)nc(N3CCN(CCO)CC3)nc2OC)n1. The highest BCUT2D eigenvalue weighted by Crippen LogP contribution is 2.40. The van der Waals surface area contributed by atoms with Gasteiger partial charge in [0.15, 0.2) is 5.16 Å². The number of nitrogens with two attached hydrogens (primary N) is 1. The highest BCUT2D eigenvalue weighted by atomic mass is 32.2. The van der Waals surface area contributed by atoms with Crippen LogP contribution in [0.25, 0.3) is 0 Å². The molecule has 0 aliphatic carbocycles. The Kier molecular flexibility index (Phi) is 8.25. The van der Waals surface area contributed by atoms with Crippen LogP contribution in [-0.4, -0.2) is 89.4 Å². The molecule has 0 radical (unpaired) electrons. The Bertz CT molecular complexity index is 915. The smallest absolute Gasteiger partial charge is 0.236 e. The first-order chi connectivity index (χ1) is 15.5. The highest BCUT2D eigenvalue weighted by molar-refractivity contribution is 7.99. The quantitative estimate of drug-likeness (QED) is 0.443. The molecular formula is C19H28N8O4S. The lowest BCUT2D eigenvalue weighted by Crippen LogP contribution is -2.47. The number of hydrogen-bond donors (Lipinski definition) is 3. The fraction of sp³-hybridized carbons (Fsp3) is 0.526. The zero-order chi connectivity index (χ0) is 23.1. The molecule has 1 aliphatic heterocycles. The molecule has 3 rings (SSSR count). The minimum absolute atomic E-state index is 0.139. The number of nitrogens with zero attached hydrogens (tertiary/aromatic N) is 6. The van der Waals surface area contributed by atoms with Crippen molar-refractivity contribution >= 4 is 35.3 Å². The van der Waals surface area contributed by atoms with Crippen molar-refractivity contribution in [3.63, 3.8) is 0 Å². The molecule has 1 aliphatic rings. The summed E-state index contributed by atoms with van der Waals surface area (Å²) in [5, 5.41) is 12.1. The van der Waals surface area contributed by atoms with E-state index in [-0.39, 0.29) is 18.3 Å². The van der Waals surface area contributed by atoms with E-state index in [0.29, 0.717) is 46.5 Å². The first-order valence-electron chi connectivity index (χ1n) is 10.2. The zero-order valence-corrected chi connectivity index (χ0v) is 19.2. The van der Waals surface area contributed by atoms with E-state index in [4.69, 9.17) is 20.3 Å². The Morgan fingerprint density at radius 2 is 1.81 bits per heavy atom. The molecule has 1 fully saturated rings. The fourth-order valence-corrected chi connectivity index (χ4v) is 4.00. The van der Waals surface area contributed by atoms with Crippen molar-refractivity contribution in [2.24, 2.45) is 0 Å². The summed E-state index contributed by atoms with van der Waals surface area (Å²) >= 11 is 1.13. The lowest BCUT2D eigenvalue weighted by atomic mass is 10.3. The van der Waals surface area contributed by atoms with Gasteiger partial charge in [0.25, 0.3) is 0 Å². The van der Waals surface area contributed by atoms with Crippen molar-refractivity contribution < 1.29 is 19.4 Å². The molecule has 0 aromatic carbocycles. The predicted molar refractivity (Wildman–Crippen MR) is 120 cm³/mol. The Balaban J connectivity index is 1.85. The van der Waals surface area contributed by atoms with Gasteiger partial charge in [0.05, 0.1) is 20.8 Å². The summed E-state index contributed by atoms with van der Waals surface area (Å²) in [5.74, 6) is 1.48. The molecule has 0 spiro atoms. The average Bonchev–Trinajstić information content (AvgIpc) is 2.79. The van der Waals surface area contributed by atoms with Crippen molar-refractivity contribution in [3.05, 3.63) is 6.07 Å². The maximum absolute atomic E-state index is 11.7. The molecule has 1 amide bonds. The normalized spacial score (nSPS) is 14.3. The number of hydrogen-bond acceptors (Lipinski definition) is 12. The van der Waals surface area contributed by atoms with Gasteiger partial charge in [0.2, 0.25) is 23.6 Å². The van der Waals surface area contributed by atoms with Gasteiger partial charge in [0, 0.05) is 45.2 Å². The van der Waals surface area contributed by atoms with E-state index in [1.54, 1.807) is 6.92 Å². The summed E-state index contributed by atoms with van der Waals surface area (Å²) in [5.41, 5.74) is 5.89. The van der Waals surface area contributed by atoms with Crippen LogP contribution in [0.4, 0.5) is 17.6 Å². The van der Waals surface area contributed by atoms with Gasteiger partial charge in [-0.2, -0.15) is 9.97 Å². The number of aliphatic hydroxyl groups excluding tert-OH is 1. The zero-order valence-electron chi connectivity index (χ0n) is 18.4. The molecule has 174 valence electrons. The Hall–Kier alpha value is -2.90. The number of rotatable bonds is 9. The third-order valence-corrected chi connectivity index (χ3v) is 5.68. The van der Waals surface area contributed by atoms with Crippen LogP contribution in [0.5, 0.6) is 11.8 Å².